The van der Waals surface area contributed by atoms with Crippen LogP contribution in [0.5, 0.6) is 5.75 Å². The van der Waals surface area contributed by atoms with Crippen molar-refractivity contribution in [3.63, 3.8) is 0 Å². The molecule has 0 saturated heterocycles. The molecule has 0 saturated carbocycles. The molecule has 2 aromatic rings. The standard InChI is InChI=1S/C15H13NO2S/c16-10-15(14(17)11-5-8-19-9-11)6-7-18-13-4-2-1-3-12(13)15/h1-5,8-9,14,17H,6-7H2. The number of thiophene rings is 1. The topological polar surface area (TPSA) is 53.2 Å². The monoisotopic (exact) mass is 271 g/mol. The largest absolute Gasteiger partial charge is 0.493 e. The van der Waals surface area contributed by atoms with E-state index < -0.39 is 11.5 Å². The molecule has 2 unspecified atom stereocenters. The summed E-state index contributed by atoms with van der Waals surface area (Å²) in [7, 11) is 0. The van der Waals surface area contributed by atoms with Crippen LogP contribution >= 0.6 is 11.3 Å². The lowest BCUT2D eigenvalue weighted by Gasteiger charge is -2.36. The Balaban J connectivity index is 2.13. The smallest absolute Gasteiger partial charge is 0.124 e. The van der Waals surface area contributed by atoms with Crippen LogP contribution in [-0.4, -0.2) is 11.7 Å². The number of rotatable bonds is 2. The minimum absolute atomic E-state index is 0.450. The van der Waals surface area contributed by atoms with Crippen LogP contribution in [0.2, 0.25) is 0 Å². The molecular weight excluding hydrogens is 258 g/mol. The molecule has 0 amide bonds. The summed E-state index contributed by atoms with van der Waals surface area (Å²) in [5.74, 6) is 0.699. The Morgan fingerprint density at radius 3 is 2.95 bits per heavy atom. The molecule has 2 heterocycles. The second kappa shape index (κ2) is 4.69. The van der Waals surface area contributed by atoms with Crippen molar-refractivity contribution in [2.75, 3.05) is 6.61 Å². The van der Waals surface area contributed by atoms with Gasteiger partial charge in [-0.2, -0.15) is 16.6 Å². The third-order valence-corrected chi connectivity index (χ3v) is 4.35. The van der Waals surface area contributed by atoms with E-state index in [9.17, 15) is 10.4 Å². The molecule has 0 aliphatic carbocycles. The van der Waals surface area contributed by atoms with Crippen molar-refractivity contribution in [3.8, 4) is 11.8 Å². The number of hydrogen-bond donors (Lipinski definition) is 1. The lowest BCUT2D eigenvalue weighted by Crippen LogP contribution is -2.37. The zero-order valence-corrected chi connectivity index (χ0v) is 11.1. The number of nitriles is 1. The highest BCUT2D eigenvalue weighted by molar-refractivity contribution is 7.07. The van der Waals surface area contributed by atoms with Crippen molar-refractivity contribution in [3.05, 3.63) is 52.2 Å². The summed E-state index contributed by atoms with van der Waals surface area (Å²) in [6, 6.07) is 11.7. The number of fused-ring (bicyclic) bond motifs is 1. The highest BCUT2D eigenvalue weighted by atomic mass is 32.1. The SMILES string of the molecule is N#CC1(C(O)c2ccsc2)CCOc2ccccc21. The van der Waals surface area contributed by atoms with E-state index in [1.807, 2.05) is 41.1 Å². The van der Waals surface area contributed by atoms with Crippen molar-refractivity contribution < 1.29 is 9.84 Å². The zero-order chi connectivity index (χ0) is 13.3. The minimum Gasteiger partial charge on any atom is -0.493 e. The maximum atomic E-state index is 10.7. The molecule has 0 radical (unpaired) electrons. The van der Waals surface area contributed by atoms with Crippen LogP contribution in [0.4, 0.5) is 0 Å². The van der Waals surface area contributed by atoms with Gasteiger partial charge in [0.2, 0.25) is 0 Å². The molecule has 2 atom stereocenters. The second-order valence-corrected chi connectivity index (χ2v) is 5.42. The van der Waals surface area contributed by atoms with E-state index in [-0.39, 0.29) is 0 Å². The summed E-state index contributed by atoms with van der Waals surface area (Å²) in [6.07, 6.45) is -0.328. The van der Waals surface area contributed by atoms with Gasteiger partial charge in [0.15, 0.2) is 0 Å². The fourth-order valence-electron chi connectivity index (χ4n) is 2.59. The van der Waals surface area contributed by atoms with Crippen LogP contribution < -0.4 is 4.74 Å². The zero-order valence-electron chi connectivity index (χ0n) is 10.2. The first kappa shape index (κ1) is 12.2. The predicted octanol–water partition coefficient (Wildman–Crippen LogP) is 3.03. The first-order valence-corrected chi connectivity index (χ1v) is 7.06. The van der Waals surface area contributed by atoms with Gasteiger partial charge in [-0.3, -0.25) is 0 Å². The Hall–Kier alpha value is -1.83. The maximum absolute atomic E-state index is 10.7. The van der Waals surface area contributed by atoms with Crippen LogP contribution in [0.25, 0.3) is 0 Å². The Bertz CT molecular complexity index is 617. The molecule has 1 aromatic heterocycles. The van der Waals surface area contributed by atoms with Crippen molar-refractivity contribution in [2.24, 2.45) is 0 Å². The van der Waals surface area contributed by atoms with E-state index in [4.69, 9.17) is 4.74 Å². The van der Waals surface area contributed by atoms with Crippen molar-refractivity contribution in [2.45, 2.75) is 17.9 Å². The van der Waals surface area contributed by atoms with E-state index in [2.05, 4.69) is 6.07 Å². The van der Waals surface area contributed by atoms with Gasteiger partial charge in [0.1, 0.15) is 17.3 Å². The number of benzene rings is 1. The van der Waals surface area contributed by atoms with Crippen LogP contribution in [-0.2, 0) is 5.41 Å². The summed E-state index contributed by atoms with van der Waals surface area (Å²) in [6.45, 7) is 0.450. The molecule has 0 fully saturated rings. The summed E-state index contributed by atoms with van der Waals surface area (Å²) < 4.78 is 5.59. The molecule has 0 spiro atoms. The summed E-state index contributed by atoms with van der Waals surface area (Å²) in [4.78, 5) is 0. The number of aliphatic hydroxyl groups excluding tert-OH is 1. The van der Waals surface area contributed by atoms with Gasteiger partial charge < -0.3 is 9.84 Å². The van der Waals surface area contributed by atoms with Crippen LogP contribution in [0.3, 0.4) is 0 Å². The third kappa shape index (κ3) is 1.83. The quantitative estimate of drug-likeness (QED) is 0.913. The van der Waals surface area contributed by atoms with Gasteiger partial charge in [-0.15, -0.1) is 0 Å². The minimum atomic E-state index is -0.921. The van der Waals surface area contributed by atoms with Crippen molar-refractivity contribution >= 4 is 11.3 Å². The summed E-state index contributed by atoms with van der Waals surface area (Å²) in [5.41, 5.74) is 0.654. The van der Waals surface area contributed by atoms with Gasteiger partial charge >= 0.3 is 0 Å². The van der Waals surface area contributed by atoms with Crippen LogP contribution in [0.1, 0.15) is 23.7 Å². The molecule has 96 valence electrons. The Morgan fingerprint density at radius 2 is 2.21 bits per heavy atom. The predicted molar refractivity (Wildman–Crippen MR) is 73.1 cm³/mol. The van der Waals surface area contributed by atoms with Crippen LogP contribution in [0.15, 0.2) is 41.1 Å². The van der Waals surface area contributed by atoms with E-state index >= 15 is 0 Å². The van der Waals surface area contributed by atoms with Gasteiger partial charge in [0, 0.05) is 12.0 Å². The third-order valence-electron chi connectivity index (χ3n) is 3.65. The normalized spacial score (nSPS) is 22.9. The number of ether oxygens (including phenoxy) is 1. The average Bonchev–Trinajstić information content (AvgIpc) is 3.00. The van der Waals surface area contributed by atoms with E-state index in [1.54, 1.807) is 0 Å². The highest BCUT2D eigenvalue weighted by Gasteiger charge is 2.45. The number of para-hydroxylation sites is 1. The van der Waals surface area contributed by atoms with Crippen LogP contribution in [0, 0.1) is 11.3 Å². The second-order valence-electron chi connectivity index (χ2n) is 4.64. The highest BCUT2D eigenvalue weighted by Crippen LogP contribution is 2.46. The fourth-order valence-corrected chi connectivity index (χ4v) is 3.27. The van der Waals surface area contributed by atoms with Gasteiger partial charge in [0.25, 0.3) is 0 Å². The Labute approximate surface area is 115 Å². The van der Waals surface area contributed by atoms with Crippen molar-refractivity contribution in [1.29, 1.82) is 5.26 Å². The lowest BCUT2D eigenvalue weighted by atomic mass is 9.71. The molecule has 0 bridgehead atoms. The van der Waals surface area contributed by atoms with Crippen molar-refractivity contribution in [1.82, 2.24) is 0 Å². The van der Waals surface area contributed by atoms with E-state index in [1.165, 1.54) is 11.3 Å². The Morgan fingerprint density at radius 1 is 1.37 bits per heavy atom. The van der Waals surface area contributed by atoms with Gasteiger partial charge in [0.05, 0.1) is 12.7 Å². The molecule has 3 nitrogen and oxygen atoms in total. The molecule has 19 heavy (non-hydrogen) atoms. The summed E-state index contributed by atoms with van der Waals surface area (Å²) in [5, 5.41) is 24.2. The van der Waals surface area contributed by atoms with E-state index in [0.717, 1.165) is 11.1 Å². The molecular formula is C15H13NO2S. The first-order chi connectivity index (χ1) is 9.28. The average molecular weight is 271 g/mol. The summed E-state index contributed by atoms with van der Waals surface area (Å²) >= 11 is 1.52. The lowest BCUT2D eigenvalue weighted by molar-refractivity contribution is 0.0810. The molecule has 1 aromatic carbocycles. The van der Waals surface area contributed by atoms with Gasteiger partial charge in [-0.1, -0.05) is 18.2 Å². The molecule has 1 aliphatic heterocycles. The van der Waals surface area contributed by atoms with E-state index in [0.29, 0.717) is 18.8 Å². The molecule has 3 rings (SSSR count). The van der Waals surface area contributed by atoms with Gasteiger partial charge in [-0.25, -0.2) is 0 Å². The molecule has 4 heteroatoms. The first-order valence-electron chi connectivity index (χ1n) is 6.11. The maximum Gasteiger partial charge on any atom is 0.124 e. The Kier molecular flexibility index (Phi) is 3.02. The fraction of sp³-hybridized carbons (Fsp3) is 0.267. The molecule has 1 aliphatic rings. The number of aliphatic hydroxyl groups is 1. The van der Waals surface area contributed by atoms with Gasteiger partial charge in [-0.05, 0) is 28.5 Å². The number of nitrogens with zero attached hydrogens (tertiary/aromatic N) is 1. The molecule has 1 N–H and O–H groups in total. The number of hydrogen-bond acceptors (Lipinski definition) is 4.